The van der Waals surface area contributed by atoms with Gasteiger partial charge in [-0.05, 0) is 56.2 Å². The summed E-state index contributed by atoms with van der Waals surface area (Å²) in [6, 6.07) is 17.6. The van der Waals surface area contributed by atoms with E-state index in [1.165, 1.54) is 0 Å². The molecule has 1 aliphatic rings. The molecule has 1 unspecified atom stereocenters. The Balaban J connectivity index is 1.53. The summed E-state index contributed by atoms with van der Waals surface area (Å²) in [5, 5.41) is 4.87. The van der Waals surface area contributed by atoms with Crippen LogP contribution >= 0.6 is 0 Å². The number of rotatable bonds is 9. The van der Waals surface area contributed by atoms with E-state index < -0.39 is 0 Å². The number of carbonyl (C=O) groups excluding carboxylic acids is 1. The van der Waals surface area contributed by atoms with Gasteiger partial charge >= 0.3 is 0 Å². The molecule has 3 aromatic rings. The van der Waals surface area contributed by atoms with Gasteiger partial charge in [0.2, 0.25) is 11.7 Å². The summed E-state index contributed by atoms with van der Waals surface area (Å²) in [7, 11) is 1.97. The van der Waals surface area contributed by atoms with Gasteiger partial charge in [-0.25, -0.2) is 4.98 Å². The van der Waals surface area contributed by atoms with Gasteiger partial charge in [-0.15, -0.1) is 0 Å². The van der Waals surface area contributed by atoms with Crippen molar-refractivity contribution in [3.63, 3.8) is 0 Å². The number of carbonyl (C=O) groups is 1. The normalized spacial score (nSPS) is 14.4. The molecule has 2 aromatic carbocycles. The topological polar surface area (TPSA) is 93.1 Å². The van der Waals surface area contributed by atoms with Gasteiger partial charge in [0.05, 0.1) is 24.5 Å². The molecule has 33 heavy (non-hydrogen) atoms. The maximum Gasteiger partial charge on any atom is 0.246 e. The molecule has 2 heterocycles. The molecule has 7 heteroatoms. The van der Waals surface area contributed by atoms with Crippen LogP contribution in [0.2, 0.25) is 0 Å². The van der Waals surface area contributed by atoms with Gasteiger partial charge in [-0.2, -0.15) is 4.98 Å². The SMILES string of the molecule is C=C(C)C(=O)NCCCC1N=C(c2ccc(Oc3ccccc3)cc2)c2c([NH2+]C)ncnc21. The van der Waals surface area contributed by atoms with E-state index in [2.05, 4.69) is 21.9 Å². The Labute approximate surface area is 193 Å². The van der Waals surface area contributed by atoms with Gasteiger partial charge in [0, 0.05) is 17.7 Å². The number of aliphatic imine (C=N–C) groups is 1. The molecule has 1 aromatic heterocycles. The Hall–Kier alpha value is -3.84. The first-order chi connectivity index (χ1) is 16.1. The van der Waals surface area contributed by atoms with Crippen molar-refractivity contribution in [3.05, 3.63) is 89.9 Å². The Bertz CT molecular complexity index is 1170. The first-order valence-corrected chi connectivity index (χ1v) is 11.1. The number of para-hydroxylation sites is 1. The minimum absolute atomic E-state index is 0.0707. The van der Waals surface area contributed by atoms with Crippen molar-refractivity contribution in [2.24, 2.45) is 4.99 Å². The zero-order chi connectivity index (χ0) is 23.2. The van der Waals surface area contributed by atoms with Crippen LogP contribution in [-0.2, 0) is 4.79 Å². The number of nitrogens with one attached hydrogen (secondary N) is 1. The number of ether oxygens (including phenoxy) is 1. The standard InChI is InChI=1S/C26H27N5O2/c1-17(2)26(32)28-15-7-10-21-24-22(25(27-3)30-16-29-24)23(31-21)18-11-13-20(14-12-18)33-19-8-5-4-6-9-19/h4-6,8-9,11-14,16,21H,1,7,10,15H2,2-3H3,(H,28,32)(H,27,29,30)/p+1. The van der Waals surface area contributed by atoms with Crippen LogP contribution in [-0.4, -0.2) is 35.2 Å². The summed E-state index contributed by atoms with van der Waals surface area (Å²) < 4.78 is 5.92. The second-order valence-corrected chi connectivity index (χ2v) is 7.92. The lowest BCUT2D eigenvalue weighted by molar-refractivity contribution is -0.543. The van der Waals surface area contributed by atoms with Gasteiger partial charge in [0.25, 0.3) is 0 Å². The fourth-order valence-electron chi connectivity index (χ4n) is 3.78. The molecule has 168 valence electrons. The number of amides is 1. The molecular weight excluding hydrogens is 414 g/mol. The maximum absolute atomic E-state index is 11.7. The van der Waals surface area contributed by atoms with Crippen LogP contribution in [0, 0.1) is 0 Å². The molecule has 0 saturated heterocycles. The second-order valence-electron chi connectivity index (χ2n) is 7.92. The number of aromatic nitrogens is 2. The Kier molecular flexibility index (Phi) is 6.90. The molecule has 1 atom stereocenters. The van der Waals surface area contributed by atoms with Crippen molar-refractivity contribution < 1.29 is 14.8 Å². The van der Waals surface area contributed by atoms with E-state index in [0.717, 1.165) is 52.7 Å². The highest BCUT2D eigenvalue weighted by atomic mass is 16.5. The monoisotopic (exact) mass is 442 g/mol. The Morgan fingerprint density at radius 1 is 1.09 bits per heavy atom. The van der Waals surface area contributed by atoms with Gasteiger partial charge < -0.3 is 10.1 Å². The predicted molar refractivity (Wildman–Crippen MR) is 128 cm³/mol. The largest absolute Gasteiger partial charge is 0.457 e. The van der Waals surface area contributed by atoms with Crippen LogP contribution in [0.5, 0.6) is 11.5 Å². The molecule has 7 nitrogen and oxygen atoms in total. The smallest absolute Gasteiger partial charge is 0.246 e. The second kappa shape index (κ2) is 10.2. The summed E-state index contributed by atoms with van der Waals surface area (Å²) in [6.45, 7) is 5.95. The van der Waals surface area contributed by atoms with Crippen LogP contribution in [0.4, 0.5) is 5.82 Å². The minimum Gasteiger partial charge on any atom is -0.457 e. The van der Waals surface area contributed by atoms with Crippen molar-refractivity contribution in [3.8, 4) is 11.5 Å². The van der Waals surface area contributed by atoms with Crippen LogP contribution in [0.3, 0.4) is 0 Å². The lowest BCUT2D eigenvalue weighted by atomic mass is 10.0. The number of fused-ring (bicyclic) bond motifs is 1. The molecule has 0 spiro atoms. The van der Waals surface area contributed by atoms with E-state index >= 15 is 0 Å². The zero-order valence-corrected chi connectivity index (χ0v) is 18.9. The number of hydrogen-bond donors (Lipinski definition) is 2. The number of nitrogens with zero attached hydrogens (tertiary/aromatic N) is 3. The number of nitrogens with two attached hydrogens (primary N) is 1. The fraction of sp³-hybridized carbons (Fsp3) is 0.231. The average Bonchev–Trinajstić information content (AvgIpc) is 3.21. The first kappa shape index (κ1) is 22.4. The van der Waals surface area contributed by atoms with Crippen molar-refractivity contribution in [2.75, 3.05) is 13.6 Å². The zero-order valence-electron chi connectivity index (χ0n) is 18.9. The summed E-state index contributed by atoms with van der Waals surface area (Å²) in [6.07, 6.45) is 3.17. The van der Waals surface area contributed by atoms with Crippen molar-refractivity contribution in [1.82, 2.24) is 15.3 Å². The lowest BCUT2D eigenvalue weighted by Gasteiger charge is -2.09. The van der Waals surface area contributed by atoms with Crippen LogP contribution < -0.4 is 15.4 Å². The third-order valence-electron chi connectivity index (χ3n) is 5.45. The van der Waals surface area contributed by atoms with Crippen LogP contribution in [0.1, 0.15) is 42.6 Å². The van der Waals surface area contributed by atoms with E-state index in [1.54, 1.807) is 13.3 Å². The lowest BCUT2D eigenvalue weighted by Crippen LogP contribution is -2.74. The molecule has 1 amide bonds. The van der Waals surface area contributed by atoms with E-state index in [4.69, 9.17) is 9.73 Å². The molecule has 0 aliphatic carbocycles. The van der Waals surface area contributed by atoms with Gasteiger partial charge in [-0.3, -0.25) is 15.1 Å². The molecule has 0 radical (unpaired) electrons. The van der Waals surface area contributed by atoms with Crippen LogP contribution in [0.25, 0.3) is 0 Å². The van der Waals surface area contributed by atoms with E-state index in [9.17, 15) is 4.79 Å². The summed E-state index contributed by atoms with van der Waals surface area (Å²) >= 11 is 0. The Morgan fingerprint density at radius 3 is 2.52 bits per heavy atom. The van der Waals surface area contributed by atoms with Gasteiger partial charge in [0.1, 0.15) is 23.4 Å². The van der Waals surface area contributed by atoms with Crippen molar-refractivity contribution >= 4 is 17.4 Å². The predicted octanol–water partition coefficient (Wildman–Crippen LogP) is 3.46. The third kappa shape index (κ3) is 5.15. The van der Waals surface area contributed by atoms with Crippen molar-refractivity contribution in [2.45, 2.75) is 25.8 Å². The summed E-state index contributed by atoms with van der Waals surface area (Å²) in [5.74, 6) is 2.32. The highest BCUT2D eigenvalue weighted by Gasteiger charge is 2.32. The molecule has 0 bridgehead atoms. The highest BCUT2D eigenvalue weighted by Crippen LogP contribution is 2.35. The van der Waals surface area contributed by atoms with E-state index in [0.29, 0.717) is 12.1 Å². The van der Waals surface area contributed by atoms with E-state index in [1.807, 2.05) is 67.0 Å². The fourth-order valence-corrected chi connectivity index (χ4v) is 3.78. The molecule has 0 fully saturated rings. The molecule has 4 rings (SSSR count). The Morgan fingerprint density at radius 2 is 1.82 bits per heavy atom. The average molecular weight is 443 g/mol. The van der Waals surface area contributed by atoms with Crippen molar-refractivity contribution in [1.29, 1.82) is 0 Å². The minimum atomic E-state index is -0.117. The quantitative estimate of drug-likeness (QED) is 0.392. The van der Waals surface area contributed by atoms with E-state index in [-0.39, 0.29) is 11.9 Å². The first-order valence-electron chi connectivity index (χ1n) is 11.1. The van der Waals surface area contributed by atoms with Crippen LogP contribution in [0.15, 0.2) is 78.1 Å². The third-order valence-corrected chi connectivity index (χ3v) is 5.45. The molecular formula is C26H28N5O2+. The number of quaternary nitrogens is 1. The molecule has 3 N–H and O–H groups in total. The summed E-state index contributed by atoms with van der Waals surface area (Å²) in [5.41, 5.74) is 4.31. The number of benzene rings is 2. The van der Waals surface area contributed by atoms with Gasteiger partial charge in [-0.1, -0.05) is 24.8 Å². The number of hydrogen-bond acceptors (Lipinski definition) is 5. The van der Waals surface area contributed by atoms with Gasteiger partial charge in [0.15, 0.2) is 0 Å². The highest BCUT2D eigenvalue weighted by molar-refractivity contribution is 6.17. The molecule has 0 saturated carbocycles. The molecule has 1 aliphatic heterocycles. The summed E-state index contributed by atoms with van der Waals surface area (Å²) in [4.78, 5) is 25.8. The maximum atomic E-state index is 11.7.